The molecule has 0 spiro atoms. The molecule has 0 saturated heterocycles. The van der Waals surface area contributed by atoms with Crippen molar-refractivity contribution in [3.63, 3.8) is 0 Å². The number of halogens is 1. The maximum absolute atomic E-state index is 13.1. The molecule has 0 bridgehead atoms. The average molecular weight is 376 g/mol. The summed E-state index contributed by atoms with van der Waals surface area (Å²) in [5, 5.41) is 0. The third-order valence-corrected chi connectivity index (χ3v) is 6.06. The third kappa shape index (κ3) is 4.11. The van der Waals surface area contributed by atoms with Crippen molar-refractivity contribution in [2.24, 2.45) is 0 Å². The number of benzene rings is 2. The number of carbonyl (C=O) groups is 1. The van der Waals surface area contributed by atoms with Gasteiger partial charge in [-0.15, -0.1) is 0 Å². The van der Waals surface area contributed by atoms with Crippen LogP contribution in [0.15, 0.2) is 53.4 Å². The Kier molecular flexibility index (Phi) is 5.11. The van der Waals surface area contributed by atoms with Crippen LogP contribution in [0.3, 0.4) is 0 Å². The predicted molar refractivity (Wildman–Crippen MR) is 96.7 cm³/mol. The summed E-state index contributed by atoms with van der Waals surface area (Å²) in [7, 11) is -1.98. The summed E-state index contributed by atoms with van der Waals surface area (Å²) in [6.45, 7) is 1.83. The molecule has 0 heterocycles. The second-order valence-electron chi connectivity index (χ2n) is 6.57. The van der Waals surface area contributed by atoms with Crippen LogP contribution >= 0.6 is 0 Å². The molecule has 1 saturated carbocycles. The van der Waals surface area contributed by atoms with Gasteiger partial charge in [0.05, 0.1) is 10.9 Å². The molecule has 26 heavy (non-hydrogen) atoms. The zero-order valence-corrected chi connectivity index (χ0v) is 15.5. The van der Waals surface area contributed by atoms with Crippen LogP contribution in [0.2, 0.25) is 0 Å². The minimum absolute atomic E-state index is 0.000490. The fraction of sp³-hybridized carbons (Fsp3) is 0.316. The van der Waals surface area contributed by atoms with Gasteiger partial charge >= 0.3 is 0 Å². The Balaban J connectivity index is 1.80. The van der Waals surface area contributed by atoms with E-state index in [9.17, 15) is 17.6 Å². The van der Waals surface area contributed by atoms with E-state index in [1.807, 2.05) is 6.92 Å². The SMILES string of the molecule is CC(c1ccc(F)cc1)N(C)C(=O)c1cccc(S(=O)(=O)NC2CC2)c1. The van der Waals surface area contributed by atoms with Crippen molar-refractivity contribution in [1.82, 2.24) is 9.62 Å². The van der Waals surface area contributed by atoms with Crippen molar-refractivity contribution in [1.29, 1.82) is 0 Å². The monoisotopic (exact) mass is 376 g/mol. The summed E-state index contributed by atoms with van der Waals surface area (Å²) < 4.78 is 40.4. The lowest BCUT2D eigenvalue weighted by atomic mass is 10.1. The highest BCUT2D eigenvalue weighted by Gasteiger charge is 2.28. The fourth-order valence-electron chi connectivity index (χ4n) is 2.63. The quantitative estimate of drug-likeness (QED) is 0.842. The Morgan fingerprint density at radius 2 is 1.85 bits per heavy atom. The molecule has 1 fully saturated rings. The van der Waals surface area contributed by atoms with Gasteiger partial charge in [0.2, 0.25) is 10.0 Å². The van der Waals surface area contributed by atoms with E-state index in [4.69, 9.17) is 0 Å². The van der Waals surface area contributed by atoms with Gasteiger partial charge in [-0.3, -0.25) is 4.79 Å². The molecule has 138 valence electrons. The van der Waals surface area contributed by atoms with Crippen LogP contribution in [0.25, 0.3) is 0 Å². The summed E-state index contributed by atoms with van der Waals surface area (Å²) >= 11 is 0. The highest BCUT2D eigenvalue weighted by Crippen LogP contribution is 2.24. The molecule has 2 aromatic rings. The first kappa shape index (κ1) is 18.5. The molecular weight excluding hydrogens is 355 g/mol. The molecule has 1 N–H and O–H groups in total. The Hall–Kier alpha value is -2.25. The van der Waals surface area contributed by atoms with Gasteiger partial charge in [0, 0.05) is 18.7 Å². The number of nitrogens with zero attached hydrogens (tertiary/aromatic N) is 1. The molecule has 0 aliphatic heterocycles. The molecular formula is C19H21FN2O3S. The number of nitrogens with one attached hydrogen (secondary N) is 1. The lowest BCUT2D eigenvalue weighted by molar-refractivity contribution is 0.0742. The first-order valence-corrected chi connectivity index (χ1v) is 9.91. The van der Waals surface area contributed by atoms with Gasteiger partial charge in [0.1, 0.15) is 5.82 Å². The van der Waals surface area contributed by atoms with Crippen LogP contribution < -0.4 is 4.72 Å². The van der Waals surface area contributed by atoms with Gasteiger partial charge in [-0.1, -0.05) is 18.2 Å². The van der Waals surface area contributed by atoms with Crippen LogP contribution in [0.4, 0.5) is 4.39 Å². The van der Waals surface area contributed by atoms with Crippen LogP contribution in [-0.2, 0) is 10.0 Å². The van der Waals surface area contributed by atoms with Crippen LogP contribution in [0.5, 0.6) is 0 Å². The van der Waals surface area contributed by atoms with Crippen LogP contribution in [0.1, 0.15) is 41.7 Å². The molecule has 0 radical (unpaired) electrons. The zero-order chi connectivity index (χ0) is 18.9. The van der Waals surface area contributed by atoms with E-state index in [1.165, 1.54) is 29.2 Å². The molecule has 1 atom stereocenters. The summed E-state index contributed by atoms with van der Waals surface area (Å²) in [4.78, 5) is 14.4. The predicted octanol–water partition coefficient (Wildman–Crippen LogP) is 3.10. The minimum atomic E-state index is -3.62. The molecule has 5 nitrogen and oxygen atoms in total. The largest absolute Gasteiger partial charge is 0.335 e. The molecule has 2 aromatic carbocycles. The number of sulfonamides is 1. The van der Waals surface area contributed by atoms with E-state index < -0.39 is 10.0 Å². The second-order valence-corrected chi connectivity index (χ2v) is 8.28. The van der Waals surface area contributed by atoms with Crippen molar-refractivity contribution >= 4 is 15.9 Å². The Morgan fingerprint density at radius 1 is 1.19 bits per heavy atom. The highest BCUT2D eigenvalue weighted by atomic mass is 32.2. The zero-order valence-electron chi connectivity index (χ0n) is 14.6. The fourth-order valence-corrected chi connectivity index (χ4v) is 3.98. The number of hydrogen-bond donors (Lipinski definition) is 1. The summed E-state index contributed by atoms with van der Waals surface area (Å²) in [5.74, 6) is -0.638. The van der Waals surface area contributed by atoms with Crippen molar-refractivity contribution in [2.75, 3.05) is 7.05 Å². The first-order chi connectivity index (χ1) is 12.3. The Bertz CT molecular complexity index is 909. The smallest absolute Gasteiger partial charge is 0.254 e. The molecule has 0 aromatic heterocycles. The van der Waals surface area contributed by atoms with E-state index in [0.717, 1.165) is 18.4 Å². The van der Waals surface area contributed by atoms with Crippen LogP contribution in [-0.4, -0.2) is 32.3 Å². The molecule has 1 aliphatic rings. The number of amides is 1. The van der Waals surface area contributed by atoms with E-state index in [2.05, 4.69) is 4.72 Å². The maximum atomic E-state index is 13.1. The average Bonchev–Trinajstić information content (AvgIpc) is 3.44. The van der Waals surface area contributed by atoms with Crippen LogP contribution in [0, 0.1) is 5.82 Å². The maximum Gasteiger partial charge on any atom is 0.254 e. The third-order valence-electron chi connectivity index (χ3n) is 4.54. The summed E-state index contributed by atoms with van der Waals surface area (Å²) in [5.41, 5.74) is 1.08. The number of hydrogen-bond acceptors (Lipinski definition) is 3. The second kappa shape index (κ2) is 7.17. The highest BCUT2D eigenvalue weighted by molar-refractivity contribution is 7.89. The van der Waals surface area contributed by atoms with Gasteiger partial charge in [-0.25, -0.2) is 17.5 Å². The van der Waals surface area contributed by atoms with Gasteiger partial charge < -0.3 is 4.90 Å². The summed E-state index contributed by atoms with van der Waals surface area (Å²) in [6.07, 6.45) is 1.69. The summed E-state index contributed by atoms with van der Waals surface area (Å²) in [6, 6.07) is 11.7. The topological polar surface area (TPSA) is 66.5 Å². The number of rotatable bonds is 6. The van der Waals surface area contributed by atoms with E-state index in [1.54, 1.807) is 31.3 Å². The van der Waals surface area contributed by atoms with Gasteiger partial charge in [0.15, 0.2) is 0 Å². The minimum Gasteiger partial charge on any atom is -0.335 e. The lowest BCUT2D eigenvalue weighted by Crippen LogP contribution is -2.30. The van der Waals surface area contributed by atoms with Crippen molar-refractivity contribution in [2.45, 2.75) is 36.7 Å². The molecule has 1 aliphatic carbocycles. The lowest BCUT2D eigenvalue weighted by Gasteiger charge is -2.25. The van der Waals surface area contributed by atoms with Gasteiger partial charge in [-0.05, 0) is 55.7 Å². The molecule has 7 heteroatoms. The molecule has 1 amide bonds. The Labute approximate surface area is 152 Å². The Morgan fingerprint density at radius 3 is 2.46 bits per heavy atom. The van der Waals surface area contributed by atoms with Gasteiger partial charge in [-0.2, -0.15) is 0 Å². The normalized spacial score (nSPS) is 15.5. The standard InChI is InChI=1S/C19H21FN2O3S/c1-13(14-6-8-16(20)9-7-14)22(2)19(23)15-4-3-5-18(12-15)26(24,25)21-17-10-11-17/h3-9,12-13,17,21H,10-11H2,1-2H3. The van der Waals surface area contributed by atoms with E-state index >= 15 is 0 Å². The van der Waals surface area contributed by atoms with Crippen molar-refractivity contribution in [3.05, 3.63) is 65.5 Å². The van der Waals surface area contributed by atoms with Crippen molar-refractivity contribution < 1.29 is 17.6 Å². The van der Waals surface area contributed by atoms with E-state index in [-0.39, 0.29) is 28.7 Å². The number of carbonyl (C=O) groups excluding carboxylic acids is 1. The van der Waals surface area contributed by atoms with E-state index in [0.29, 0.717) is 5.56 Å². The molecule has 1 unspecified atom stereocenters. The van der Waals surface area contributed by atoms with Crippen molar-refractivity contribution in [3.8, 4) is 0 Å². The van der Waals surface area contributed by atoms with Gasteiger partial charge in [0.25, 0.3) is 5.91 Å². The first-order valence-electron chi connectivity index (χ1n) is 8.43. The molecule has 3 rings (SSSR count).